The summed E-state index contributed by atoms with van der Waals surface area (Å²) in [5.74, 6) is 1.40. The SMILES string of the molecule is CC(C)n1c(C2CCN(C(=O)C=Cc3cccc(-c4ccccc4)c3)CC2)n[nH]c1=S. The van der Waals surface area contributed by atoms with Crippen molar-refractivity contribution < 1.29 is 4.79 Å². The maximum Gasteiger partial charge on any atom is 0.246 e. The Balaban J connectivity index is 1.39. The number of benzene rings is 2. The molecule has 31 heavy (non-hydrogen) atoms. The average molecular weight is 433 g/mol. The van der Waals surface area contributed by atoms with Crippen LogP contribution in [0.2, 0.25) is 0 Å². The number of carbonyl (C=O) groups excluding carboxylic acids is 1. The molecule has 5 nitrogen and oxygen atoms in total. The van der Waals surface area contributed by atoms with E-state index in [0.717, 1.165) is 42.9 Å². The Bertz CT molecular complexity index is 1120. The zero-order chi connectivity index (χ0) is 21.8. The molecule has 1 aliphatic heterocycles. The maximum absolute atomic E-state index is 12.7. The Morgan fingerprint density at radius 1 is 1.10 bits per heavy atom. The summed E-state index contributed by atoms with van der Waals surface area (Å²) < 4.78 is 2.76. The average Bonchev–Trinajstić information content (AvgIpc) is 3.20. The number of amides is 1. The van der Waals surface area contributed by atoms with Crippen LogP contribution in [0.3, 0.4) is 0 Å². The maximum atomic E-state index is 12.7. The lowest BCUT2D eigenvalue weighted by Gasteiger charge is -2.31. The lowest BCUT2D eigenvalue weighted by Crippen LogP contribution is -2.37. The van der Waals surface area contributed by atoms with Crippen molar-refractivity contribution in [3.63, 3.8) is 0 Å². The summed E-state index contributed by atoms with van der Waals surface area (Å²) in [6.07, 6.45) is 5.39. The van der Waals surface area contributed by atoms with Crippen LogP contribution in [0.15, 0.2) is 60.7 Å². The van der Waals surface area contributed by atoms with Crippen molar-refractivity contribution in [2.45, 2.75) is 38.6 Å². The first-order valence-electron chi connectivity index (χ1n) is 10.8. The van der Waals surface area contributed by atoms with Gasteiger partial charge in [0.05, 0.1) is 0 Å². The molecule has 0 bridgehead atoms. The Hall–Kier alpha value is -2.99. The van der Waals surface area contributed by atoms with Crippen molar-refractivity contribution >= 4 is 24.2 Å². The fraction of sp³-hybridized carbons (Fsp3) is 0.320. The normalized spacial score (nSPS) is 15.1. The van der Waals surface area contributed by atoms with Gasteiger partial charge in [0.15, 0.2) is 4.77 Å². The first-order valence-corrected chi connectivity index (χ1v) is 11.2. The molecule has 4 rings (SSSR count). The fourth-order valence-corrected chi connectivity index (χ4v) is 4.54. The Morgan fingerprint density at radius 3 is 2.52 bits per heavy atom. The second-order valence-corrected chi connectivity index (χ2v) is 8.66. The van der Waals surface area contributed by atoms with Gasteiger partial charge >= 0.3 is 0 Å². The van der Waals surface area contributed by atoms with Crippen molar-refractivity contribution in [1.82, 2.24) is 19.7 Å². The van der Waals surface area contributed by atoms with Crippen molar-refractivity contribution in [3.05, 3.63) is 76.8 Å². The van der Waals surface area contributed by atoms with Gasteiger partial charge in [-0.3, -0.25) is 9.89 Å². The molecule has 1 aromatic heterocycles. The van der Waals surface area contributed by atoms with E-state index in [1.165, 1.54) is 5.56 Å². The second kappa shape index (κ2) is 9.43. The Morgan fingerprint density at radius 2 is 1.81 bits per heavy atom. The Kier molecular flexibility index (Phi) is 6.47. The van der Waals surface area contributed by atoms with Gasteiger partial charge in [0.25, 0.3) is 0 Å². The van der Waals surface area contributed by atoms with Crippen LogP contribution < -0.4 is 0 Å². The predicted octanol–water partition coefficient (Wildman–Crippen LogP) is 5.61. The zero-order valence-electron chi connectivity index (χ0n) is 18.0. The topological polar surface area (TPSA) is 53.9 Å². The quantitative estimate of drug-likeness (QED) is 0.421. The molecular weight excluding hydrogens is 404 g/mol. The largest absolute Gasteiger partial charge is 0.339 e. The highest BCUT2D eigenvalue weighted by Crippen LogP contribution is 2.28. The van der Waals surface area contributed by atoms with Crippen LogP contribution in [-0.4, -0.2) is 38.7 Å². The van der Waals surface area contributed by atoms with E-state index in [1.54, 1.807) is 6.08 Å². The van der Waals surface area contributed by atoms with Crippen LogP contribution in [0.5, 0.6) is 0 Å². The fourth-order valence-electron chi connectivity index (χ4n) is 4.19. The van der Waals surface area contributed by atoms with E-state index in [2.05, 4.69) is 52.9 Å². The third kappa shape index (κ3) is 4.85. The van der Waals surface area contributed by atoms with E-state index in [4.69, 9.17) is 12.2 Å². The van der Waals surface area contributed by atoms with Gasteiger partial charge in [-0.1, -0.05) is 48.5 Å². The molecule has 2 aromatic carbocycles. The standard InChI is InChI=1S/C25H28N4OS/c1-18(2)29-24(26-27-25(29)31)21-13-15-28(16-14-21)23(30)12-11-19-7-6-10-22(17-19)20-8-4-3-5-9-20/h3-12,17-18,21H,13-16H2,1-2H3,(H,27,31). The summed E-state index contributed by atoms with van der Waals surface area (Å²) >= 11 is 5.38. The highest BCUT2D eigenvalue weighted by Gasteiger charge is 2.27. The van der Waals surface area contributed by atoms with E-state index >= 15 is 0 Å². The summed E-state index contributed by atoms with van der Waals surface area (Å²) in [5.41, 5.74) is 3.34. The van der Waals surface area contributed by atoms with Gasteiger partial charge in [-0.15, -0.1) is 0 Å². The number of likely N-dealkylation sites (tertiary alicyclic amines) is 1. The number of rotatable bonds is 5. The van der Waals surface area contributed by atoms with Gasteiger partial charge < -0.3 is 9.47 Å². The van der Waals surface area contributed by atoms with Crippen LogP contribution in [0.25, 0.3) is 17.2 Å². The molecular formula is C25H28N4OS. The minimum atomic E-state index is 0.0614. The third-order valence-electron chi connectivity index (χ3n) is 5.83. The molecule has 1 N–H and O–H groups in total. The number of nitrogens with one attached hydrogen (secondary N) is 1. The summed E-state index contributed by atoms with van der Waals surface area (Å²) in [6, 6.07) is 18.8. The van der Waals surface area contributed by atoms with E-state index in [9.17, 15) is 4.79 Å². The number of aromatic amines is 1. The highest BCUT2D eigenvalue weighted by molar-refractivity contribution is 7.71. The van der Waals surface area contributed by atoms with E-state index in [-0.39, 0.29) is 11.9 Å². The van der Waals surface area contributed by atoms with Gasteiger partial charge in [-0.05, 0) is 67.7 Å². The number of carbonyl (C=O) groups is 1. The molecule has 1 amide bonds. The number of nitrogens with zero attached hydrogens (tertiary/aromatic N) is 3. The van der Waals surface area contributed by atoms with Gasteiger partial charge in [-0.2, -0.15) is 5.10 Å². The zero-order valence-corrected chi connectivity index (χ0v) is 18.8. The van der Waals surface area contributed by atoms with Crippen LogP contribution in [-0.2, 0) is 4.79 Å². The van der Waals surface area contributed by atoms with Crippen LogP contribution in [0, 0.1) is 4.77 Å². The summed E-state index contributed by atoms with van der Waals surface area (Å²) in [4.78, 5) is 14.7. The van der Waals surface area contributed by atoms with Crippen LogP contribution in [0.1, 0.15) is 50.0 Å². The monoisotopic (exact) mass is 432 g/mol. The van der Waals surface area contributed by atoms with Crippen molar-refractivity contribution in [1.29, 1.82) is 0 Å². The molecule has 1 aliphatic rings. The highest BCUT2D eigenvalue weighted by atomic mass is 32.1. The lowest BCUT2D eigenvalue weighted by molar-refractivity contribution is -0.127. The molecule has 1 saturated heterocycles. The summed E-state index contributed by atoms with van der Waals surface area (Å²) in [6.45, 7) is 5.70. The number of hydrogen-bond acceptors (Lipinski definition) is 3. The third-order valence-corrected chi connectivity index (χ3v) is 6.12. The van der Waals surface area contributed by atoms with Crippen molar-refractivity contribution in [3.8, 4) is 11.1 Å². The first kappa shape index (κ1) is 21.2. The van der Waals surface area contributed by atoms with E-state index in [1.807, 2.05) is 41.3 Å². The molecule has 6 heteroatoms. The van der Waals surface area contributed by atoms with Crippen molar-refractivity contribution in [2.24, 2.45) is 0 Å². The molecule has 0 radical (unpaired) electrons. The van der Waals surface area contributed by atoms with Gasteiger partial charge in [0, 0.05) is 31.1 Å². The number of hydrogen-bond donors (Lipinski definition) is 1. The number of H-pyrrole nitrogens is 1. The van der Waals surface area contributed by atoms with Crippen molar-refractivity contribution in [2.75, 3.05) is 13.1 Å². The lowest BCUT2D eigenvalue weighted by atomic mass is 9.95. The summed E-state index contributed by atoms with van der Waals surface area (Å²) in [7, 11) is 0. The minimum absolute atomic E-state index is 0.0614. The van der Waals surface area contributed by atoms with Gasteiger partial charge in [0.1, 0.15) is 5.82 Å². The molecule has 3 aromatic rings. The first-order chi connectivity index (χ1) is 15.0. The number of piperidine rings is 1. The molecule has 0 aliphatic carbocycles. The molecule has 0 spiro atoms. The molecule has 0 unspecified atom stereocenters. The van der Waals surface area contributed by atoms with Gasteiger partial charge in [0.2, 0.25) is 5.91 Å². The molecule has 0 atom stereocenters. The molecule has 160 valence electrons. The smallest absolute Gasteiger partial charge is 0.246 e. The minimum Gasteiger partial charge on any atom is -0.339 e. The number of aromatic nitrogens is 3. The van der Waals surface area contributed by atoms with Gasteiger partial charge in [-0.25, -0.2) is 0 Å². The molecule has 0 saturated carbocycles. The predicted molar refractivity (Wildman–Crippen MR) is 127 cm³/mol. The van der Waals surface area contributed by atoms with E-state index < -0.39 is 0 Å². The second-order valence-electron chi connectivity index (χ2n) is 8.28. The summed E-state index contributed by atoms with van der Waals surface area (Å²) in [5, 5.41) is 7.40. The van der Waals surface area contributed by atoms with Crippen LogP contribution in [0.4, 0.5) is 0 Å². The van der Waals surface area contributed by atoms with Crippen LogP contribution >= 0.6 is 12.2 Å². The molecule has 2 heterocycles. The Labute approximate surface area is 188 Å². The molecule has 1 fully saturated rings. The van der Waals surface area contributed by atoms with E-state index in [0.29, 0.717) is 10.7 Å².